The first kappa shape index (κ1) is 15.0. The standard InChI is InChI=1S/C16H17F2NS/c1-2-19-15(12-6-4-3-5-7-12)11-20-16-10-13(17)8-9-14(16)18/h3-10,15,19H,2,11H2,1H3. The van der Waals surface area contributed by atoms with Crippen molar-refractivity contribution in [2.45, 2.75) is 17.9 Å². The summed E-state index contributed by atoms with van der Waals surface area (Å²) in [5.74, 6) is -0.133. The number of benzene rings is 2. The third-order valence-corrected chi connectivity index (χ3v) is 4.08. The molecule has 2 aromatic rings. The molecule has 1 N–H and O–H groups in total. The zero-order chi connectivity index (χ0) is 14.4. The molecule has 0 amide bonds. The van der Waals surface area contributed by atoms with E-state index in [-0.39, 0.29) is 11.9 Å². The number of halogens is 2. The van der Waals surface area contributed by atoms with Crippen molar-refractivity contribution in [1.29, 1.82) is 0 Å². The Balaban J connectivity index is 2.07. The lowest BCUT2D eigenvalue weighted by Gasteiger charge is -2.18. The van der Waals surface area contributed by atoms with Crippen LogP contribution in [0.4, 0.5) is 8.78 Å². The van der Waals surface area contributed by atoms with Crippen molar-refractivity contribution in [2.24, 2.45) is 0 Å². The molecule has 106 valence electrons. The summed E-state index contributed by atoms with van der Waals surface area (Å²) in [4.78, 5) is 0.351. The Kier molecular flexibility index (Phi) is 5.56. The Morgan fingerprint density at radius 2 is 1.85 bits per heavy atom. The van der Waals surface area contributed by atoms with Gasteiger partial charge in [-0.3, -0.25) is 0 Å². The van der Waals surface area contributed by atoms with E-state index < -0.39 is 5.82 Å². The molecule has 0 aliphatic heterocycles. The van der Waals surface area contributed by atoms with Crippen LogP contribution in [0.15, 0.2) is 53.4 Å². The monoisotopic (exact) mass is 293 g/mol. The molecule has 2 rings (SSSR count). The highest BCUT2D eigenvalue weighted by atomic mass is 32.2. The summed E-state index contributed by atoms with van der Waals surface area (Å²) in [6.45, 7) is 2.86. The molecule has 1 atom stereocenters. The number of nitrogens with one attached hydrogen (secondary N) is 1. The lowest BCUT2D eigenvalue weighted by atomic mass is 10.1. The van der Waals surface area contributed by atoms with E-state index in [9.17, 15) is 8.78 Å². The summed E-state index contributed by atoms with van der Waals surface area (Å²) >= 11 is 1.33. The van der Waals surface area contributed by atoms with E-state index in [1.807, 2.05) is 37.3 Å². The van der Waals surface area contributed by atoms with Crippen LogP contribution in [0, 0.1) is 11.6 Å². The van der Waals surface area contributed by atoms with E-state index in [0.29, 0.717) is 10.6 Å². The van der Waals surface area contributed by atoms with Crippen LogP contribution in [0.5, 0.6) is 0 Å². The van der Waals surface area contributed by atoms with Gasteiger partial charge in [0.2, 0.25) is 0 Å². The fraction of sp³-hybridized carbons (Fsp3) is 0.250. The highest BCUT2D eigenvalue weighted by Crippen LogP contribution is 2.27. The topological polar surface area (TPSA) is 12.0 Å². The first-order valence-corrected chi connectivity index (χ1v) is 7.55. The van der Waals surface area contributed by atoms with Gasteiger partial charge >= 0.3 is 0 Å². The van der Waals surface area contributed by atoms with Crippen molar-refractivity contribution in [3.05, 3.63) is 65.7 Å². The molecule has 1 unspecified atom stereocenters. The molecule has 0 aliphatic rings. The molecule has 0 bridgehead atoms. The maximum Gasteiger partial charge on any atom is 0.136 e. The van der Waals surface area contributed by atoms with Gasteiger partial charge in [-0.15, -0.1) is 11.8 Å². The average molecular weight is 293 g/mol. The quantitative estimate of drug-likeness (QED) is 0.792. The predicted octanol–water partition coefficient (Wildman–Crippen LogP) is 4.41. The molecule has 0 spiro atoms. The minimum Gasteiger partial charge on any atom is -0.309 e. The summed E-state index contributed by atoms with van der Waals surface area (Å²) < 4.78 is 26.7. The lowest BCUT2D eigenvalue weighted by molar-refractivity contribution is 0.575. The molecule has 0 fully saturated rings. The zero-order valence-electron chi connectivity index (χ0n) is 11.3. The summed E-state index contributed by atoms with van der Waals surface area (Å²) in [6, 6.07) is 13.7. The van der Waals surface area contributed by atoms with E-state index in [4.69, 9.17) is 0 Å². The molecule has 0 saturated heterocycles. The second-order valence-corrected chi connectivity index (χ2v) is 5.47. The number of hydrogen-bond acceptors (Lipinski definition) is 2. The van der Waals surface area contributed by atoms with E-state index in [2.05, 4.69) is 5.32 Å². The van der Waals surface area contributed by atoms with Gasteiger partial charge in [-0.1, -0.05) is 37.3 Å². The third-order valence-electron chi connectivity index (χ3n) is 2.95. The first-order chi connectivity index (χ1) is 9.70. The predicted molar refractivity (Wildman–Crippen MR) is 79.9 cm³/mol. The molecule has 2 aromatic carbocycles. The van der Waals surface area contributed by atoms with Crippen LogP contribution in [0.1, 0.15) is 18.5 Å². The van der Waals surface area contributed by atoms with E-state index >= 15 is 0 Å². The fourth-order valence-electron chi connectivity index (χ4n) is 1.97. The second-order valence-electron chi connectivity index (χ2n) is 4.41. The highest BCUT2D eigenvalue weighted by molar-refractivity contribution is 7.99. The van der Waals surface area contributed by atoms with E-state index in [0.717, 1.165) is 18.2 Å². The molecule has 20 heavy (non-hydrogen) atoms. The van der Waals surface area contributed by atoms with Gasteiger partial charge in [0.15, 0.2) is 0 Å². The molecule has 0 saturated carbocycles. The Morgan fingerprint density at radius 3 is 2.55 bits per heavy atom. The summed E-state index contributed by atoms with van der Waals surface area (Å²) in [6.07, 6.45) is 0. The van der Waals surface area contributed by atoms with Gasteiger partial charge in [-0.05, 0) is 30.3 Å². The average Bonchev–Trinajstić information content (AvgIpc) is 2.47. The highest BCUT2D eigenvalue weighted by Gasteiger charge is 2.12. The molecule has 0 aliphatic carbocycles. The Labute approximate surface area is 122 Å². The third kappa shape index (κ3) is 4.05. The van der Waals surface area contributed by atoms with Gasteiger partial charge in [0.1, 0.15) is 11.6 Å². The largest absolute Gasteiger partial charge is 0.309 e. The minimum absolute atomic E-state index is 0.119. The van der Waals surface area contributed by atoms with Crippen LogP contribution < -0.4 is 5.32 Å². The second kappa shape index (κ2) is 7.41. The number of thioether (sulfide) groups is 1. The van der Waals surface area contributed by atoms with Crippen molar-refractivity contribution in [2.75, 3.05) is 12.3 Å². The Hall–Kier alpha value is -1.39. The number of rotatable bonds is 6. The summed E-state index contributed by atoms with van der Waals surface area (Å²) in [5.41, 5.74) is 1.15. The van der Waals surface area contributed by atoms with Crippen LogP contribution in [0.25, 0.3) is 0 Å². The van der Waals surface area contributed by atoms with Gasteiger partial charge in [-0.2, -0.15) is 0 Å². The van der Waals surface area contributed by atoms with Gasteiger partial charge < -0.3 is 5.32 Å². The maximum atomic E-state index is 13.6. The van der Waals surface area contributed by atoms with Gasteiger partial charge in [0.25, 0.3) is 0 Å². The van der Waals surface area contributed by atoms with Crippen molar-refractivity contribution in [3.63, 3.8) is 0 Å². The molecule has 0 radical (unpaired) electrons. The van der Waals surface area contributed by atoms with Crippen LogP contribution in [0.3, 0.4) is 0 Å². The van der Waals surface area contributed by atoms with Crippen molar-refractivity contribution in [3.8, 4) is 0 Å². The van der Waals surface area contributed by atoms with Crippen LogP contribution in [0.2, 0.25) is 0 Å². The van der Waals surface area contributed by atoms with Crippen molar-refractivity contribution < 1.29 is 8.78 Å². The van der Waals surface area contributed by atoms with Crippen LogP contribution >= 0.6 is 11.8 Å². The molecular formula is C16H17F2NS. The molecule has 1 nitrogen and oxygen atoms in total. The molecule has 4 heteroatoms. The zero-order valence-corrected chi connectivity index (χ0v) is 12.1. The molecular weight excluding hydrogens is 276 g/mol. The van der Waals surface area contributed by atoms with E-state index in [1.165, 1.54) is 23.9 Å². The molecule has 0 heterocycles. The smallest absolute Gasteiger partial charge is 0.136 e. The van der Waals surface area contributed by atoms with Crippen molar-refractivity contribution >= 4 is 11.8 Å². The van der Waals surface area contributed by atoms with Crippen LogP contribution in [-0.4, -0.2) is 12.3 Å². The summed E-state index contributed by atoms with van der Waals surface area (Å²) in [7, 11) is 0. The van der Waals surface area contributed by atoms with Crippen LogP contribution in [-0.2, 0) is 0 Å². The lowest BCUT2D eigenvalue weighted by Crippen LogP contribution is -2.22. The van der Waals surface area contributed by atoms with Gasteiger partial charge in [0.05, 0.1) is 0 Å². The van der Waals surface area contributed by atoms with E-state index in [1.54, 1.807) is 0 Å². The SMILES string of the molecule is CCNC(CSc1cc(F)ccc1F)c1ccccc1. The minimum atomic E-state index is -0.409. The Bertz CT molecular complexity index is 545. The van der Waals surface area contributed by atoms with Gasteiger partial charge in [-0.25, -0.2) is 8.78 Å². The van der Waals surface area contributed by atoms with Gasteiger partial charge in [0, 0.05) is 16.7 Å². The normalized spacial score (nSPS) is 12.3. The van der Waals surface area contributed by atoms with Crippen molar-refractivity contribution in [1.82, 2.24) is 5.32 Å². The Morgan fingerprint density at radius 1 is 1.10 bits per heavy atom. The molecule has 0 aromatic heterocycles. The maximum absolute atomic E-state index is 13.6. The fourth-order valence-corrected chi connectivity index (χ4v) is 3.02. The summed E-state index contributed by atoms with van der Waals surface area (Å²) in [5, 5.41) is 3.37. The first-order valence-electron chi connectivity index (χ1n) is 6.57. The number of hydrogen-bond donors (Lipinski definition) is 1.